The molecule has 0 aliphatic carbocycles. The SMILES string of the molecule is CC(C)(C)[P+]([NH-])(C(C)(C)C)C(C)(C)C.[Ti+2].c1ccc2[cH-]ccc2c1. The van der Waals surface area contributed by atoms with Crippen LogP contribution >= 0.6 is 7.41 Å². The first kappa shape index (κ1) is 23.9. The Bertz CT molecular complexity index is 557. The average Bonchev–Trinajstić information content (AvgIpc) is 2.82. The van der Waals surface area contributed by atoms with E-state index in [1.54, 1.807) is 0 Å². The Hall–Kier alpha value is -0.0657. The fraction of sp³-hybridized carbons (Fsp3) is 0.571. The minimum absolute atomic E-state index is 0. The first-order valence-electron chi connectivity index (χ1n) is 8.47. The van der Waals surface area contributed by atoms with Gasteiger partial charge < -0.3 is 5.50 Å². The molecule has 2 aromatic rings. The van der Waals surface area contributed by atoms with Crippen LogP contribution in [0.3, 0.4) is 0 Å². The van der Waals surface area contributed by atoms with E-state index in [0.29, 0.717) is 0 Å². The summed E-state index contributed by atoms with van der Waals surface area (Å²) >= 11 is 0. The van der Waals surface area contributed by atoms with Gasteiger partial charge in [0, 0.05) is 0 Å². The standard InChI is InChI=1S/C12H28NP.C9H7.Ti/c1-10(2,3)14(13,11(4,5)6)12(7,8)9;1-2-5-9-7-3-6-8(9)4-1;/h13H,1-9H3;1-7H;/q;-1;+2. The maximum Gasteiger partial charge on any atom is 2.00 e. The predicted octanol–water partition coefficient (Wildman–Crippen LogP) is 7.92. The predicted molar refractivity (Wildman–Crippen MR) is 110 cm³/mol. The fourth-order valence-electron chi connectivity index (χ4n) is 4.09. The van der Waals surface area contributed by atoms with Gasteiger partial charge >= 0.3 is 21.7 Å². The van der Waals surface area contributed by atoms with Crippen LogP contribution in [-0.2, 0) is 21.7 Å². The van der Waals surface area contributed by atoms with Gasteiger partial charge in [-0.2, -0.15) is 17.5 Å². The summed E-state index contributed by atoms with van der Waals surface area (Å²) in [4.78, 5) is 0. The maximum atomic E-state index is 8.99. The summed E-state index contributed by atoms with van der Waals surface area (Å²) in [5, 5.41) is 2.96. The van der Waals surface area contributed by atoms with Gasteiger partial charge in [0.25, 0.3) is 0 Å². The van der Waals surface area contributed by atoms with Gasteiger partial charge in [-0.3, -0.25) is 0 Å². The number of benzene rings is 1. The maximum absolute atomic E-state index is 8.99. The minimum Gasteiger partial charge on any atom is -0.504 e. The minimum atomic E-state index is -1.77. The Kier molecular flexibility index (Phi) is 8.07. The number of fused-ring (bicyclic) bond motifs is 1. The summed E-state index contributed by atoms with van der Waals surface area (Å²) in [6.07, 6.45) is 0. The molecule has 0 spiro atoms. The molecule has 1 N–H and O–H groups in total. The van der Waals surface area contributed by atoms with Crippen LogP contribution in [0.15, 0.2) is 42.5 Å². The second kappa shape index (κ2) is 8.09. The van der Waals surface area contributed by atoms with E-state index < -0.39 is 7.41 Å². The van der Waals surface area contributed by atoms with Crippen molar-refractivity contribution in [2.75, 3.05) is 0 Å². The van der Waals surface area contributed by atoms with Crippen LogP contribution in [0.1, 0.15) is 62.3 Å². The quantitative estimate of drug-likeness (QED) is 0.252. The summed E-state index contributed by atoms with van der Waals surface area (Å²) in [6, 6.07) is 14.7. The Morgan fingerprint density at radius 2 is 1.17 bits per heavy atom. The molecule has 0 atom stereocenters. The van der Waals surface area contributed by atoms with Crippen LogP contribution in [0, 0.1) is 0 Å². The Labute approximate surface area is 165 Å². The van der Waals surface area contributed by atoms with Crippen molar-refractivity contribution in [1.29, 1.82) is 0 Å². The molecule has 0 bridgehead atoms. The molecule has 1 nitrogen and oxygen atoms in total. The zero-order chi connectivity index (χ0) is 18.1. The monoisotopic (exact) mass is 380 g/mol. The molecule has 3 heteroatoms. The molecule has 132 valence electrons. The molecule has 0 aliphatic rings. The molecule has 0 fully saturated rings. The molecule has 24 heavy (non-hydrogen) atoms. The van der Waals surface area contributed by atoms with Crippen LogP contribution < -0.4 is 0 Å². The van der Waals surface area contributed by atoms with Crippen molar-refractivity contribution in [2.45, 2.75) is 77.8 Å². The third kappa shape index (κ3) is 4.98. The molecule has 0 saturated heterocycles. The number of nitrogens with one attached hydrogen (secondary N) is 1. The van der Waals surface area contributed by atoms with E-state index in [9.17, 15) is 0 Å². The second-order valence-corrected chi connectivity index (χ2v) is 14.7. The molecule has 0 aliphatic heterocycles. The van der Waals surface area contributed by atoms with Gasteiger partial charge in [-0.1, -0.05) is 13.5 Å². The molecule has 2 aromatic carbocycles. The van der Waals surface area contributed by atoms with Crippen LogP contribution in [0.4, 0.5) is 0 Å². The van der Waals surface area contributed by atoms with Crippen LogP contribution in [0.25, 0.3) is 16.3 Å². The van der Waals surface area contributed by atoms with Crippen molar-refractivity contribution in [3.8, 4) is 0 Å². The molecule has 0 heterocycles. The van der Waals surface area contributed by atoms with Crippen molar-refractivity contribution < 1.29 is 21.7 Å². The van der Waals surface area contributed by atoms with E-state index in [1.165, 1.54) is 10.8 Å². The Balaban J connectivity index is 0.000000452. The van der Waals surface area contributed by atoms with E-state index in [-0.39, 0.29) is 37.2 Å². The van der Waals surface area contributed by atoms with Crippen LogP contribution in [0.2, 0.25) is 0 Å². The smallest absolute Gasteiger partial charge is 0.504 e. The normalized spacial score (nSPS) is 13.1. The van der Waals surface area contributed by atoms with E-state index in [1.807, 2.05) is 0 Å². The van der Waals surface area contributed by atoms with Crippen LogP contribution in [-0.4, -0.2) is 15.5 Å². The number of hydrogen-bond donors (Lipinski definition) is 0. The van der Waals surface area contributed by atoms with E-state index in [2.05, 4.69) is 105 Å². The van der Waals surface area contributed by atoms with Crippen molar-refractivity contribution in [1.82, 2.24) is 0 Å². The Morgan fingerprint density at radius 1 is 0.750 bits per heavy atom. The van der Waals surface area contributed by atoms with Gasteiger partial charge in [-0.25, -0.2) is 0 Å². The van der Waals surface area contributed by atoms with Crippen molar-refractivity contribution in [3.05, 3.63) is 48.0 Å². The number of hydrogen-bond acceptors (Lipinski definition) is 0. The van der Waals surface area contributed by atoms with Gasteiger partial charge in [0.05, 0.1) is 15.5 Å². The second-order valence-electron chi connectivity index (χ2n) is 9.34. The Morgan fingerprint density at radius 3 is 1.50 bits per heavy atom. The summed E-state index contributed by atoms with van der Waals surface area (Å²) in [5.74, 6) is 0. The molecule has 0 saturated carbocycles. The molecule has 0 aromatic heterocycles. The van der Waals surface area contributed by atoms with Gasteiger partial charge in [0.2, 0.25) is 0 Å². The summed E-state index contributed by atoms with van der Waals surface area (Å²) in [7, 11) is -1.77. The first-order chi connectivity index (χ1) is 10.2. The summed E-state index contributed by atoms with van der Waals surface area (Å²) in [6.45, 7) is 20.0. The molecular formula is C21H35NPTi+. The first-order valence-corrected chi connectivity index (χ1v) is 10.3. The molecule has 0 unspecified atom stereocenters. The van der Waals surface area contributed by atoms with Gasteiger partial charge in [-0.15, -0.1) is 29.7 Å². The molecular weight excluding hydrogens is 345 g/mol. The van der Waals surface area contributed by atoms with Crippen molar-refractivity contribution in [2.24, 2.45) is 0 Å². The third-order valence-corrected chi connectivity index (χ3v) is 10.6. The topological polar surface area (TPSA) is 23.8 Å². The number of rotatable bonds is 0. The fourth-order valence-corrected chi connectivity index (χ4v) is 10.1. The largest absolute Gasteiger partial charge is 2.00 e. The van der Waals surface area contributed by atoms with Gasteiger partial charge in [-0.05, 0) is 62.3 Å². The van der Waals surface area contributed by atoms with Crippen LogP contribution in [0.5, 0.6) is 0 Å². The zero-order valence-corrected chi connectivity index (χ0v) is 19.4. The van der Waals surface area contributed by atoms with Gasteiger partial charge in [0.1, 0.15) is 0 Å². The summed E-state index contributed by atoms with van der Waals surface area (Å²) in [5.41, 5.74) is 8.99. The van der Waals surface area contributed by atoms with E-state index in [0.717, 1.165) is 0 Å². The third-order valence-electron chi connectivity index (χ3n) is 4.57. The summed E-state index contributed by atoms with van der Waals surface area (Å²) < 4.78 is 0. The zero-order valence-electron chi connectivity index (χ0n) is 17.0. The van der Waals surface area contributed by atoms with Crippen molar-refractivity contribution in [3.63, 3.8) is 0 Å². The molecule has 0 radical (unpaired) electrons. The van der Waals surface area contributed by atoms with Crippen molar-refractivity contribution >= 4 is 18.2 Å². The average molecular weight is 380 g/mol. The van der Waals surface area contributed by atoms with E-state index >= 15 is 0 Å². The van der Waals surface area contributed by atoms with Gasteiger partial charge in [0.15, 0.2) is 0 Å². The molecule has 2 rings (SSSR count). The molecule has 0 amide bonds. The van der Waals surface area contributed by atoms with E-state index in [4.69, 9.17) is 5.50 Å².